The van der Waals surface area contributed by atoms with Gasteiger partial charge in [0.05, 0.1) is 0 Å². The van der Waals surface area contributed by atoms with E-state index in [4.69, 9.17) is 0 Å². The molecule has 2 heterocycles. The molecule has 1 saturated carbocycles. The highest BCUT2D eigenvalue weighted by molar-refractivity contribution is 7.15. The molecular weight excluding hydrogens is 184 g/mol. The first-order chi connectivity index (χ1) is 6.34. The summed E-state index contributed by atoms with van der Waals surface area (Å²) in [5.74, 6) is 1.67. The van der Waals surface area contributed by atoms with Gasteiger partial charge in [-0.05, 0) is 18.8 Å². The van der Waals surface area contributed by atoms with Gasteiger partial charge in [0.1, 0.15) is 5.01 Å². The van der Waals surface area contributed by atoms with E-state index in [2.05, 4.69) is 20.8 Å². The second-order valence-corrected chi connectivity index (χ2v) is 4.96. The molecule has 2 fully saturated rings. The van der Waals surface area contributed by atoms with E-state index in [0.29, 0.717) is 6.04 Å². The predicted molar refractivity (Wildman–Crippen MR) is 51.9 cm³/mol. The van der Waals surface area contributed by atoms with Gasteiger partial charge >= 0.3 is 0 Å². The maximum Gasteiger partial charge on any atom is 0.205 e. The van der Waals surface area contributed by atoms with E-state index < -0.39 is 0 Å². The Bertz CT molecular complexity index is 314. The Morgan fingerprint density at radius 3 is 2.77 bits per heavy atom. The SMILES string of the molecule is Cc1nnc(NC2C3CNCC32)s1. The molecular formula is C8H12N4S. The Morgan fingerprint density at radius 2 is 2.15 bits per heavy atom. The summed E-state index contributed by atoms with van der Waals surface area (Å²) >= 11 is 1.64. The quantitative estimate of drug-likeness (QED) is 0.722. The van der Waals surface area contributed by atoms with Gasteiger partial charge in [-0.25, -0.2) is 0 Å². The molecule has 1 aromatic heterocycles. The fourth-order valence-electron chi connectivity index (χ4n) is 2.13. The van der Waals surface area contributed by atoms with Gasteiger partial charge in [0.15, 0.2) is 0 Å². The lowest BCUT2D eigenvalue weighted by atomic mass is 10.4. The molecule has 1 aliphatic heterocycles. The van der Waals surface area contributed by atoms with E-state index in [-0.39, 0.29) is 0 Å². The molecule has 0 bridgehead atoms. The van der Waals surface area contributed by atoms with Crippen LogP contribution in [0.4, 0.5) is 5.13 Å². The Balaban J connectivity index is 1.65. The Morgan fingerprint density at radius 1 is 1.38 bits per heavy atom. The molecule has 70 valence electrons. The summed E-state index contributed by atoms with van der Waals surface area (Å²) in [5.41, 5.74) is 0. The minimum Gasteiger partial charge on any atom is -0.357 e. The van der Waals surface area contributed by atoms with Gasteiger partial charge < -0.3 is 10.6 Å². The zero-order chi connectivity index (χ0) is 8.84. The molecule has 0 amide bonds. The number of anilines is 1. The molecule has 0 radical (unpaired) electrons. The summed E-state index contributed by atoms with van der Waals surface area (Å²) in [5, 5.41) is 16.9. The topological polar surface area (TPSA) is 49.8 Å². The largest absolute Gasteiger partial charge is 0.357 e. The monoisotopic (exact) mass is 196 g/mol. The summed E-state index contributed by atoms with van der Waals surface area (Å²) in [6.07, 6.45) is 0. The summed E-state index contributed by atoms with van der Waals surface area (Å²) in [6, 6.07) is 0.661. The third-order valence-electron chi connectivity index (χ3n) is 2.91. The molecule has 2 unspecified atom stereocenters. The van der Waals surface area contributed by atoms with Gasteiger partial charge in [-0.15, -0.1) is 10.2 Å². The van der Waals surface area contributed by atoms with E-state index in [1.807, 2.05) is 6.92 Å². The number of aromatic nitrogens is 2. The lowest BCUT2D eigenvalue weighted by Crippen LogP contribution is -2.21. The summed E-state index contributed by atoms with van der Waals surface area (Å²) in [7, 11) is 0. The van der Waals surface area contributed by atoms with Crippen molar-refractivity contribution in [2.24, 2.45) is 11.8 Å². The number of fused-ring (bicyclic) bond motifs is 1. The average molecular weight is 196 g/mol. The Labute approximate surface area is 80.8 Å². The van der Waals surface area contributed by atoms with E-state index in [1.54, 1.807) is 11.3 Å². The molecule has 13 heavy (non-hydrogen) atoms. The molecule has 5 heteroatoms. The van der Waals surface area contributed by atoms with E-state index in [9.17, 15) is 0 Å². The van der Waals surface area contributed by atoms with E-state index in [1.165, 1.54) is 13.1 Å². The van der Waals surface area contributed by atoms with Crippen LogP contribution < -0.4 is 10.6 Å². The van der Waals surface area contributed by atoms with Gasteiger partial charge in [0.2, 0.25) is 5.13 Å². The maximum absolute atomic E-state index is 4.06. The second-order valence-electron chi connectivity index (χ2n) is 3.78. The molecule has 1 saturated heterocycles. The van der Waals surface area contributed by atoms with Gasteiger partial charge in [0.25, 0.3) is 0 Å². The van der Waals surface area contributed by atoms with Crippen molar-refractivity contribution in [1.82, 2.24) is 15.5 Å². The fourth-order valence-corrected chi connectivity index (χ4v) is 2.77. The van der Waals surface area contributed by atoms with Crippen LogP contribution in [0.5, 0.6) is 0 Å². The van der Waals surface area contributed by atoms with Crippen LogP contribution in [0.1, 0.15) is 5.01 Å². The third kappa shape index (κ3) is 1.23. The van der Waals surface area contributed by atoms with Gasteiger partial charge in [0, 0.05) is 19.1 Å². The van der Waals surface area contributed by atoms with E-state index >= 15 is 0 Å². The van der Waals surface area contributed by atoms with Gasteiger partial charge in [-0.1, -0.05) is 11.3 Å². The van der Waals surface area contributed by atoms with Gasteiger partial charge in [-0.2, -0.15) is 0 Å². The lowest BCUT2D eigenvalue weighted by molar-refractivity contribution is 0.696. The van der Waals surface area contributed by atoms with Crippen LogP contribution in [0, 0.1) is 18.8 Å². The number of hydrogen-bond donors (Lipinski definition) is 2. The van der Waals surface area contributed by atoms with Crippen molar-refractivity contribution in [2.45, 2.75) is 13.0 Å². The molecule has 0 spiro atoms. The Hall–Kier alpha value is -0.680. The zero-order valence-corrected chi connectivity index (χ0v) is 8.27. The van der Waals surface area contributed by atoms with Crippen LogP contribution in [-0.4, -0.2) is 29.3 Å². The molecule has 4 nitrogen and oxygen atoms in total. The zero-order valence-electron chi connectivity index (χ0n) is 7.45. The van der Waals surface area contributed by atoms with Crippen molar-refractivity contribution >= 4 is 16.5 Å². The number of nitrogens with zero attached hydrogens (tertiary/aromatic N) is 2. The van der Waals surface area contributed by atoms with Crippen molar-refractivity contribution in [3.05, 3.63) is 5.01 Å². The van der Waals surface area contributed by atoms with Crippen LogP contribution in [0.3, 0.4) is 0 Å². The maximum atomic E-state index is 4.06. The first kappa shape index (κ1) is 7.70. The lowest BCUT2D eigenvalue weighted by Gasteiger charge is -2.03. The molecule has 1 aromatic rings. The van der Waals surface area contributed by atoms with Crippen molar-refractivity contribution in [2.75, 3.05) is 18.4 Å². The molecule has 1 aliphatic carbocycles. The van der Waals surface area contributed by atoms with Crippen molar-refractivity contribution in [1.29, 1.82) is 0 Å². The number of rotatable bonds is 2. The highest BCUT2D eigenvalue weighted by Gasteiger charge is 2.53. The standard InChI is InChI=1S/C8H12N4S/c1-4-11-12-8(13-4)10-7-5-2-9-3-6(5)7/h5-7,9H,2-3H2,1H3,(H,10,12). The van der Waals surface area contributed by atoms with E-state index in [0.717, 1.165) is 22.0 Å². The highest BCUT2D eigenvalue weighted by Crippen LogP contribution is 2.43. The van der Waals surface area contributed by atoms with Crippen LogP contribution in [-0.2, 0) is 0 Å². The molecule has 2 atom stereocenters. The highest BCUT2D eigenvalue weighted by atomic mass is 32.1. The summed E-state index contributed by atoms with van der Waals surface area (Å²) < 4.78 is 0. The number of piperidine rings is 1. The van der Waals surface area contributed by atoms with Crippen molar-refractivity contribution in [3.8, 4) is 0 Å². The van der Waals surface area contributed by atoms with Crippen LogP contribution in [0.15, 0.2) is 0 Å². The number of nitrogens with one attached hydrogen (secondary N) is 2. The van der Waals surface area contributed by atoms with Crippen LogP contribution in [0.2, 0.25) is 0 Å². The van der Waals surface area contributed by atoms with Crippen LogP contribution >= 0.6 is 11.3 Å². The summed E-state index contributed by atoms with van der Waals surface area (Å²) in [4.78, 5) is 0. The molecule has 2 N–H and O–H groups in total. The predicted octanol–water partition coefficient (Wildman–Crippen LogP) is 0.476. The second kappa shape index (κ2) is 2.65. The number of aryl methyl sites for hydroxylation is 1. The van der Waals surface area contributed by atoms with Gasteiger partial charge in [-0.3, -0.25) is 0 Å². The minimum absolute atomic E-state index is 0.661. The summed E-state index contributed by atoms with van der Waals surface area (Å²) in [6.45, 7) is 4.32. The minimum atomic E-state index is 0.661. The van der Waals surface area contributed by atoms with Crippen molar-refractivity contribution < 1.29 is 0 Å². The molecule has 0 aromatic carbocycles. The Kier molecular flexibility index (Phi) is 1.57. The smallest absolute Gasteiger partial charge is 0.205 e. The number of hydrogen-bond acceptors (Lipinski definition) is 5. The molecule has 3 rings (SSSR count). The fraction of sp³-hybridized carbons (Fsp3) is 0.750. The average Bonchev–Trinajstić information content (AvgIpc) is 2.58. The molecule has 2 aliphatic rings. The van der Waals surface area contributed by atoms with Crippen LogP contribution in [0.25, 0.3) is 0 Å². The third-order valence-corrected chi connectivity index (χ3v) is 3.68. The first-order valence-electron chi connectivity index (χ1n) is 4.62. The normalized spacial score (nSPS) is 35.9. The van der Waals surface area contributed by atoms with Crippen molar-refractivity contribution in [3.63, 3.8) is 0 Å². The first-order valence-corrected chi connectivity index (χ1v) is 5.43.